The smallest absolute Gasteiger partial charge is 0.0538 e. The number of hydrogen-bond donors (Lipinski definition) is 1. The predicted octanol–water partition coefficient (Wildman–Crippen LogP) is 0.0558. The van der Waals surface area contributed by atoms with E-state index in [-0.39, 0.29) is 0 Å². The molecule has 0 aromatic carbocycles. The summed E-state index contributed by atoms with van der Waals surface area (Å²) in [5.41, 5.74) is 7.18. The van der Waals surface area contributed by atoms with Crippen LogP contribution < -0.4 is 5.73 Å². The lowest BCUT2D eigenvalue weighted by Crippen LogP contribution is -2.52. The van der Waals surface area contributed by atoms with Gasteiger partial charge in [-0.15, -0.1) is 0 Å². The first-order chi connectivity index (χ1) is 8.11. The fourth-order valence-electron chi connectivity index (χ4n) is 2.69. The molecule has 5 nitrogen and oxygen atoms in total. The number of nitrogens with two attached hydrogens (primary N) is 1. The van der Waals surface area contributed by atoms with Crippen molar-refractivity contribution < 1.29 is 0 Å². The first-order valence-electron chi connectivity index (χ1n) is 6.24. The second kappa shape index (κ2) is 5.16. The van der Waals surface area contributed by atoms with Gasteiger partial charge >= 0.3 is 0 Å². The van der Waals surface area contributed by atoms with E-state index >= 15 is 0 Å². The molecule has 1 fully saturated rings. The third kappa shape index (κ3) is 2.68. The summed E-state index contributed by atoms with van der Waals surface area (Å²) in [6, 6.07) is 0.843. The topological polar surface area (TPSA) is 50.3 Å². The first kappa shape index (κ1) is 12.5. The van der Waals surface area contributed by atoms with Crippen molar-refractivity contribution in [3.05, 3.63) is 18.0 Å². The lowest BCUT2D eigenvalue weighted by Gasteiger charge is -2.42. The van der Waals surface area contributed by atoms with E-state index in [4.69, 9.17) is 5.73 Å². The zero-order valence-corrected chi connectivity index (χ0v) is 11.0. The Bertz CT molecular complexity index is 362. The van der Waals surface area contributed by atoms with Gasteiger partial charge in [0, 0.05) is 51.0 Å². The molecule has 1 aromatic heterocycles. The highest BCUT2D eigenvalue weighted by Gasteiger charge is 2.28. The Morgan fingerprint density at radius 3 is 2.76 bits per heavy atom. The van der Waals surface area contributed by atoms with Crippen molar-refractivity contribution in [1.82, 2.24) is 19.6 Å². The predicted molar refractivity (Wildman–Crippen MR) is 68.7 cm³/mol. The molecule has 1 saturated heterocycles. The van der Waals surface area contributed by atoms with Gasteiger partial charge in [0.25, 0.3) is 0 Å². The van der Waals surface area contributed by atoms with Crippen molar-refractivity contribution >= 4 is 0 Å². The van der Waals surface area contributed by atoms with Crippen molar-refractivity contribution in [2.24, 2.45) is 12.8 Å². The highest BCUT2D eigenvalue weighted by atomic mass is 15.3. The molecule has 0 aliphatic carbocycles. The van der Waals surface area contributed by atoms with Gasteiger partial charge in [-0.3, -0.25) is 9.58 Å². The van der Waals surface area contributed by atoms with E-state index in [1.54, 1.807) is 0 Å². The maximum atomic E-state index is 5.95. The molecule has 2 atom stereocenters. The zero-order chi connectivity index (χ0) is 12.4. The molecule has 0 bridgehead atoms. The fourth-order valence-corrected chi connectivity index (χ4v) is 2.69. The summed E-state index contributed by atoms with van der Waals surface area (Å²) in [4.78, 5) is 4.87. The average Bonchev–Trinajstić information content (AvgIpc) is 2.69. The number of aryl methyl sites for hydroxylation is 1. The maximum absolute atomic E-state index is 5.95. The summed E-state index contributed by atoms with van der Waals surface area (Å²) >= 11 is 0. The van der Waals surface area contributed by atoms with Crippen LogP contribution in [0.3, 0.4) is 0 Å². The molecule has 2 heterocycles. The van der Waals surface area contributed by atoms with Gasteiger partial charge in [0.2, 0.25) is 0 Å². The molecule has 2 N–H and O–H groups in total. The number of nitrogens with zero attached hydrogens (tertiary/aromatic N) is 4. The van der Waals surface area contributed by atoms with E-state index in [0.717, 1.165) is 19.6 Å². The van der Waals surface area contributed by atoms with E-state index in [1.165, 1.54) is 5.56 Å². The lowest BCUT2D eigenvalue weighted by molar-refractivity contribution is 0.0635. The van der Waals surface area contributed by atoms with Crippen molar-refractivity contribution in [2.75, 3.05) is 33.2 Å². The molecular formula is C12H23N5. The van der Waals surface area contributed by atoms with Gasteiger partial charge in [-0.1, -0.05) is 0 Å². The van der Waals surface area contributed by atoms with Gasteiger partial charge in [-0.2, -0.15) is 5.10 Å². The van der Waals surface area contributed by atoms with Gasteiger partial charge in [-0.05, 0) is 14.0 Å². The summed E-state index contributed by atoms with van der Waals surface area (Å²) in [6.45, 7) is 6.22. The van der Waals surface area contributed by atoms with E-state index < -0.39 is 0 Å². The maximum Gasteiger partial charge on any atom is 0.0538 e. The molecule has 96 valence electrons. The van der Waals surface area contributed by atoms with Crippen LogP contribution in [0.2, 0.25) is 0 Å². The molecule has 2 rings (SSSR count). The van der Waals surface area contributed by atoms with Crippen LogP contribution in [-0.4, -0.2) is 58.8 Å². The van der Waals surface area contributed by atoms with Crippen LogP contribution in [0.5, 0.6) is 0 Å². The van der Waals surface area contributed by atoms with Crippen LogP contribution in [0.1, 0.15) is 18.5 Å². The molecular weight excluding hydrogens is 214 g/mol. The third-order valence-electron chi connectivity index (χ3n) is 3.62. The molecule has 0 saturated carbocycles. The lowest BCUT2D eigenvalue weighted by atomic mass is 10.1. The fraction of sp³-hybridized carbons (Fsp3) is 0.750. The largest absolute Gasteiger partial charge is 0.329 e. The number of piperazine rings is 1. The number of aromatic nitrogens is 2. The van der Waals surface area contributed by atoms with Gasteiger partial charge in [0.1, 0.15) is 0 Å². The number of hydrogen-bond acceptors (Lipinski definition) is 4. The Labute approximate surface area is 103 Å². The number of rotatable bonds is 3. The highest BCUT2D eigenvalue weighted by molar-refractivity contribution is 5.12. The number of likely N-dealkylation sites (N-methyl/N-ethyl adjacent to an activating group) is 1. The SMILES string of the molecule is CC1CN(C)CCN1C(CN)c1cnn(C)c1. The summed E-state index contributed by atoms with van der Waals surface area (Å²) in [6.07, 6.45) is 4.01. The Kier molecular flexibility index (Phi) is 3.81. The normalized spacial score (nSPS) is 25.1. The van der Waals surface area contributed by atoms with Crippen LogP contribution in [0.15, 0.2) is 12.4 Å². The second-order valence-electron chi connectivity index (χ2n) is 5.05. The van der Waals surface area contributed by atoms with Crippen molar-refractivity contribution in [3.8, 4) is 0 Å². The van der Waals surface area contributed by atoms with Crippen molar-refractivity contribution in [1.29, 1.82) is 0 Å². The summed E-state index contributed by atoms with van der Waals surface area (Å²) < 4.78 is 1.85. The van der Waals surface area contributed by atoms with Crippen LogP contribution in [0.4, 0.5) is 0 Å². The minimum Gasteiger partial charge on any atom is -0.329 e. The highest BCUT2D eigenvalue weighted by Crippen LogP contribution is 2.23. The van der Waals surface area contributed by atoms with Gasteiger partial charge < -0.3 is 10.6 Å². The molecule has 2 unspecified atom stereocenters. The molecule has 1 aliphatic heterocycles. The van der Waals surface area contributed by atoms with E-state index in [1.807, 2.05) is 17.9 Å². The van der Waals surface area contributed by atoms with Crippen LogP contribution in [0.25, 0.3) is 0 Å². The van der Waals surface area contributed by atoms with Crippen molar-refractivity contribution in [2.45, 2.75) is 19.0 Å². The van der Waals surface area contributed by atoms with Gasteiger partial charge in [0.05, 0.1) is 12.2 Å². The Morgan fingerprint density at radius 1 is 1.47 bits per heavy atom. The third-order valence-corrected chi connectivity index (χ3v) is 3.62. The van der Waals surface area contributed by atoms with Crippen LogP contribution >= 0.6 is 0 Å². The van der Waals surface area contributed by atoms with Gasteiger partial charge in [0.15, 0.2) is 0 Å². The monoisotopic (exact) mass is 237 g/mol. The molecule has 17 heavy (non-hydrogen) atoms. The minimum atomic E-state index is 0.299. The molecule has 1 aromatic rings. The van der Waals surface area contributed by atoms with Gasteiger partial charge in [-0.25, -0.2) is 0 Å². The Morgan fingerprint density at radius 2 is 2.24 bits per heavy atom. The molecule has 0 spiro atoms. The standard InChI is InChI=1S/C12H23N5/c1-10-8-15(2)4-5-17(10)12(6-13)11-7-14-16(3)9-11/h7,9-10,12H,4-6,8,13H2,1-3H3. The molecule has 5 heteroatoms. The zero-order valence-electron chi connectivity index (χ0n) is 11.0. The Balaban J connectivity index is 2.13. The summed E-state index contributed by atoms with van der Waals surface area (Å²) in [5, 5.41) is 4.24. The quantitative estimate of drug-likeness (QED) is 0.807. The molecule has 0 radical (unpaired) electrons. The summed E-state index contributed by atoms with van der Waals surface area (Å²) in [7, 11) is 4.12. The first-order valence-corrected chi connectivity index (χ1v) is 6.24. The average molecular weight is 237 g/mol. The summed E-state index contributed by atoms with van der Waals surface area (Å²) in [5.74, 6) is 0. The molecule has 1 aliphatic rings. The minimum absolute atomic E-state index is 0.299. The second-order valence-corrected chi connectivity index (χ2v) is 5.05. The van der Waals surface area contributed by atoms with E-state index in [2.05, 4.69) is 35.1 Å². The van der Waals surface area contributed by atoms with Crippen LogP contribution in [-0.2, 0) is 7.05 Å². The van der Waals surface area contributed by atoms with Crippen molar-refractivity contribution in [3.63, 3.8) is 0 Å². The molecule has 0 amide bonds. The van der Waals surface area contributed by atoms with Crippen LogP contribution in [0, 0.1) is 0 Å². The Hall–Kier alpha value is -0.910. The van der Waals surface area contributed by atoms with E-state index in [0.29, 0.717) is 18.6 Å². The van der Waals surface area contributed by atoms with E-state index in [9.17, 15) is 0 Å².